The van der Waals surface area contributed by atoms with E-state index in [4.69, 9.17) is 10.2 Å². The van der Waals surface area contributed by atoms with Crippen molar-refractivity contribution in [3.8, 4) is 0 Å². The molecule has 0 radical (unpaired) electrons. The van der Waals surface area contributed by atoms with E-state index < -0.39 is 6.04 Å². The molecule has 1 aliphatic rings. The Morgan fingerprint density at radius 3 is 2.21 bits per heavy atom. The van der Waals surface area contributed by atoms with Crippen molar-refractivity contribution in [2.24, 2.45) is 11.7 Å². The van der Waals surface area contributed by atoms with Gasteiger partial charge in [0.25, 0.3) is 5.91 Å². The summed E-state index contributed by atoms with van der Waals surface area (Å²) in [6.45, 7) is 9.77. The van der Waals surface area contributed by atoms with Crippen molar-refractivity contribution < 1.29 is 14.0 Å². The Labute approximate surface area is 149 Å². The Bertz CT molecular complexity index is 580. The van der Waals surface area contributed by atoms with Crippen molar-refractivity contribution in [3.63, 3.8) is 0 Å². The van der Waals surface area contributed by atoms with E-state index in [0.29, 0.717) is 37.5 Å². The monoisotopic (exact) mass is 357 g/mol. The molecule has 2 unspecified atom stereocenters. The summed E-state index contributed by atoms with van der Waals surface area (Å²) >= 11 is 0. The molecule has 136 valence electrons. The number of carbonyl (C=O) groups excluding carboxylic acids is 2. The average molecular weight is 358 g/mol. The summed E-state index contributed by atoms with van der Waals surface area (Å²) in [5, 5.41) is 0. The lowest BCUT2D eigenvalue weighted by molar-refractivity contribution is -0.135. The fraction of sp³-hybridized carbons (Fsp3) is 0.647. The summed E-state index contributed by atoms with van der Waals surface area (Å²) in [6, 6.07) is 1.31. The van der Waals surface area contributed by atoms with Crippen LogP contribution in [0.3, 0.4) is 0 Å². The zero-order chi connectivity index (χ0) is 17.1. The minimum Gasteiger partial charge on any atom is -0.466 e. The second-order valence-electron chi connectivity index (χ2n) is 6.36. The van der Waals surface area contributed by atoms with Gasteiger partial charge in [-0.15, -0.1) is 12.4 Å². The van der Waals surface area contributed by atoms with E-state index in [1.165, 1.54) is 0 Å². The van der Waals surface area contributed by atoms with Gasteiger partial charge in [-0.25, -0.2) is 0 Å². The summed E-state index contributed by atoms with van der Waals surface area (Å²) in [5.74, 6) is 1.50. The number of rotatable bonds is 4. The summed E-state index contributed by atoms with van der Waals surface area (Å²) in [6.07, 6.45) is 0.879. The number of hydrogen-bond donors (Lipinski definition) is 1. The first-order chi connectivity index (χ1) is 10.8. The maximum Gasteiger partial charge on any atom is 0.257 e. The van der Waals surface area contributed by atoms with Gasteiger partial charge < -0.3 is 20.0 Å². The van der Waals surface area contributed by atoms with E-state index in [0.717, 1.165) is 12.2 Å². The van der Waals surface area contributed by atoms with Gasteiger partial charge in [-0.2, -0.15) is 0 Å². The zero-order valence-corrected chi connectivity index (χ0v) is 15.7. The number of hydrogen-bond acceptors (Lipinski definition) is 4. The molecule has 6 nitrogen and oxygen atoms in total. The zero-order valence-electron chi connectivity index (χ0n) is 14.9. The smallest absolute Gasteiger partial charge is 0.257 e. The Hall–Kier alpha value is -1.53. The first kappa shape index (κ1) is 20.5. The average Bonchev–Trinajstić information content (AvgIpc) is 2.90. The third kappa shape index (κ3) is 4.30. The number of aryl methyl sites for hydroxylation is 2. The normalized spacial score (nSPS) is 17.2. The summed E-state index contributed by atoms with van der Waals surface area (Å²) < 4.78 is 5.43. The van der Waals surface area contributed by atoms with Crippen LogP contribution in [0.2, 0.25) is 0 Å². The molecule has 0 aromatic carbocycles. The summed E-state index contributed by atoms with van der Waals surface area (Å²) in [7, 11) is 0. The van der Waals surface area contributed by atoms with E-state index >= 15 is 0 Å². The first-order valence-corrected chi connectivity index (χ1v) is 8.25. The molecule has 1 fully saturated rings. The molecule has 1 aliphatic heterocycles. The van der Waals surface area contributed by atoms with Gasteiger partial charge in [-0.1, -0.05) is 20.3 Å². The molecule has 2 N–H and O–H groups in total. The predicted molar refractivity (Wildman–Crippen MR) is 95.3 cm³/mol. The molecule has 2 atom stereocenters. The number of amides is 2. The topological polar surface area (TPSA) is 79.8 Å². The van der Waals surface area contributed by atoms with Crippen molar-refractivity contribution in [1.29, 1.82) is 0 Å². The number of nitrogens with two attached hydrogens (primary N) is 1. The minimum absolute atomic E-state index is 0. The van der Waals surface area contributed by atoms with E-state index in [1.54, 1.807) is 22.8 Å². The van der Waals surface area contributed by atoms with E-state index in [9.17, 15) is 9.59 Å². The van der Waals surface area contributed by atoms with Crippen LogP contribution in [0.5, 0.6) is 0 Å². The van der Waals surface area contributed by atoms with Gasteiger partial charge in [0.05, 0.1) is 11.6 Å². The van der Waals surface area contributed by atoms with Crippen LogP contribution in [0.4, 0.5) is 0 Å². The number of halogens is 1. The Morgan fingerprint density at radius 1 is 1.21 bits per heavy atom. The standard InChI is InChI=1S/C17H27N3O3.ClH/c1-5-11(2)15(18)17(22)20-8-6-19(7-9-20)16(21)14-10-12(3)23-13(14)4;/h10-11,15H,5-9,18H2,1-4H3;1H. The van der Waals surface area contributed by atoms with Gasteiger partial charge in [0.2, 0.25) is 5.91 Å². The number of carbonyl (C=O) groups is 2. The largest absolute Gasteiger partial charge is 0.466 e. The molecule has 1 aromatic rings. The van der Waals surface area contributed by atoms with Gasteiger partial charge in [-0.05, 0) is 25.8 Å². The van der Waals surface area contributed by atoms with Crippen molar-refractivity contribution in [2.75, 3.05) is 26.2 Å². The molecule has 1 saturated heterocycles. The molecule has 2 rings (SSSR count). The molecule has 2 amide bonds. The van der Waals surface area contributed by atoms with Gasteiger partial charge in [0, 0.05) is 26.2 Å². The van der Waals surface area contributed by atoms with Crippen LogP contribution in [0.25, 0.3) is 0 Å². The van der Waals surface area contributed by atoms with E-state index in [1.807, 2.05) is 20.8 Å². The lowest BCUT2D eigenvalue weighted by atomic mass is 9.98. The second kappa shape index (κ2) is 8.53. The molecule has 0 saturated carbocycles. The van der Waals surface area contributed by atoms with Crippen LogP contribution < -0.4 is 5.73 Å². The van der Waals surface area contributed by atoms with Crippen molar-refractivity contribution in [1.82, 2.24) is 9.80 Å². The quantitative estimate of drug-likeness (QED) is 0.893. The van der Waals surface area contributed by atoms with E-state index in [-0.39, 0.29) is 30.1 Å². The van der Waals surface area contributed by atoms with Crippen LogP contribution >= 0.6 is 12.4 Å². The third-order valence-electron chi connectivity index (χ3n) is 4.69. The Kier molecular flexibility index (Phi) is 7.29. The van der Waals surface area contributed by atoms with Crippen molar-refractivity contribution in [3.05, 3.63) is 23.2 Å². The Balaban J connectivity index is 0.00000288. The van der Waals surface area contributed by atoms with E-state index in [2.05, 4.69) is 0 Å². The number of piperazine rings is 1. The molecular weight excluding hydrogens is 330 g/mol. The lowest BCUT2D eigenvalue weighted by Gasteiger charge is -2.36. The van der Waals surface area contributed by atoms with Crippen LogP contribution in [0.1, 0.15) is 42.1 Å². The van der Waals surface area contributed by atoms with Crippen molar-refractivity contribution in [2.45, 2.75) is 40.2 Å². The van der Waals surface area contributed by atoms with Gasteiger partial charge in [0.1, 0.15) is 11.5 Å². The minimum atomic E-state index is -0.457. The molecular formula is C17H28ClN3O3. The number of furan rings is 1. The maximum absolute atomic E-state index is 12.5. The molecule has 0 spiro atoms. The summed E-state index contributed by atoms with van der Waals surface area (Å²) in [5.41, 5.74) is 6.64. The van der Waals surface area contributed by atoms with Gasteiger partial charge in [-0.3, -0.25) is 9.59 Å². The molecule has 24 heavy (non-hydrogen) atoms. The molecule has 0 bridgehead atoms. The fourth-order valence-corrected chi connectivity index (χ4v) is 2.85. The second-order valence-corrected chi connectivity index (χ2v) is 6.36. The van der Waals surface area contributed by atoms with Crippen LogP contribution in [-0.2, 0) is 4.79 Å². The SMILES string of the molecule is CCC(C)C(N)C(=O)N1CCN(C(=O)c2cc(C)oc2C)CC1.Cl. The molecule has 2 heterocycles. The van der Waals surface area contributed by atoms with Crippen LogP contribution in [0.15, 0.2) is 10.5 Å². The highest BCUT2D eigenvalue weighted by Gasteiger charge is 2.30. The van der Waals surface area contributed by atoms with Crippen molar-refractivity contribution >= 4 is 24.2 Å². The first-order valence-electron chi connectivity index (χ1n) is 8.25. The fourth-order valence-electron chi connectivity index (χ4n) is 2.85. The predicted octanol–water partition coefficient (Wildman–Crippen LogP) is 1.98. The van der Waals surface area contributed by atoms with Crippen LogP contribution in [0, 0.1) is 19.8 Å². The maximum atomic E-state index is 12.5. The Morgan fingerprint density at radius 2 is 1.75 bits per heavy atom. The molecule has 1 aromatic heterocycles. The lowest BCUT2D eigenvalue weighted by Crippen LogP contribution is -2.55. The third-order valence-corrected chi connectivity index (χ3v) is 4.69. The highest BCUT2D eigenvalue weighted by Crippen LogP contribution is 2.18. The molecule has 7 heteroatoms. The summed E-state index contributed by atoms with van der Waals surface area (Å²) in [4.78, 5) is 28.5. The van der Waals surface area contributed by atoms with Crippen LogP contribution in [-0.4, -0.2) is 53.8 Å². The van der Waals surface area contributed by atoms with Gasteiger partial charge >= 0.3 is 0 Å². The highest BCUT2D eigenvalue weighted by molar-refractivity contribution is 5.95. The molecule has 0 aliphatic carbocycles. The number of nitrogens with zero attached hydrogens (tertiary/aromatic N) is 2. The van der Waals surface area contributed by atoms with Gasteiger partial charge in [0.15, 0.2) is 0 Å². The highest BCUT2D eigenvalue weighted by atomic mass is 35.5.